The summed E-state index contributed by atoms with van der Waals surface area (Å²) < 4.78 is 8.09. The molecule has 0 radical (unpaired) electrons. The minimum absolute atomic E-state index is 0.640. The first kappa shape index (κ1) is 13.7. The van der Waals surface area contributed by atoms with Crippen LogP contribution in [0.25, 0.3) is 0 Å². The van der Waals surface area contributed by atoms with Crippen LogP contribution < -0.4 is 16.2 Å². The Morgan fingerprint density at radius 2 is 1.33 bits per heavy atom. The van der Waals surface area contributed by atoms with Crippen LogP contribution in [0, 0.1) is 0 Å². The first-order valence-corrected chi connectivity index (χ1v) is 7.32. The van der Waals surface area contributed by atoms with Crippen molar-refractivity contribution < 1.29 is 4.74 Å². The van der Waals surface area contributed by atoms with Gasteiger partial charge in [-0.1, -0.05) is 0 Å². The average Bonchev–Trinajstić information content (AvgIpc) is 2.31. The van der Waals surface area contributed by atoms with Crippen molar-refractivity contribution in [3.05, 3.63) is 43.7 Å². The van der Waals surface area contributed by atoms with E-state index in [2.05, 4.69) is 47.8 Å². The van der Waals surface area contributed by atoms with Crippen molar-refractivity contribution in [2.75, 3.05) is 11.5 Å². The van der Waals surface area contributed by atoms with Crippen LogP contribution in [0.15, 0.2) is 43.7 Å². The molecule has 0 aliphatic carbocycles. The van der Waals surface area contributed by atoms with Gasteiger partial charge >= 0.3 is 0 Å². The number of halogens is 3. The summed E-state index contributed by atoms with van der Waals surface area (Å²) in [5.41, 5.74) is 12.8. The Morgan fingerprint density at radius 3 is 1.89 bits per heavy atom. The normalized spacial score (nSPS) is 10.4. The second-order valence-electron chi connectivity index (χ2n) is 3.59. The molecule has 2 aromatic carbocycles. The van der Waals surface area contributed by atoms with Crippen molar-refractivity contribution in [1.29, 1.82) is 0 Å². The summed E-state index contributed by atoms with van der Waals surface area (Å²) in [7, 11) is 0. The summed E-state index contributed by atoms with van der Waals surface area (Å²) in [4.78, 5) is 0. The van der Waals surface area contributed by atoms with Crippen LogP contribution in [0.5, 0.6) is 11.5 Å². The van der Waals surface area contributed by atoms with Crippen molar-refractivity contribution in [2.24, 2.45) is 0 Å². The van der Waals surface area contributed by atoms with Crippen LogP contribution in [-0.4, -0.2) is 0 Å². The van der Waals surface area contributed by atoms with Gasteiger partial charge in [0.05, 0.1) is 5.69 Å². The largest absolute Gasteiger partial charge is 0.457 e. The van der Waals surface area contributed by atoms with Gasteiger partial charge in [-0.25, -0.2) is 0 Å². The molecule has 0 heterocycles. The summed E-state index contributed by atoms with van der Waals surface area (Å²) in [5, 5.41) is 0. The molecule has 18 heavy (non-hydrogen) atoms. The lowest BCUT2D eigenvalue weighted by atomic mass is 10.3. The van der Waals surface area contributed by atoms with E-state index in [1.807, 2.05) is 18.2 Å². The Balaban J connectivity index is 2.31. The van der Waals surface area contributed by atoms with Crippen LogP contribution >= 0.6 is 47.8 Å². The molecule has 0 fully saturated rings. The first-order valence-electron chi connectivity index (χ1n) is 4.95. The zero-order chi connectivity index (χ0) is 13.3. The van der Waals surface area contributed by atoms with Gasteiger partial charge in [-0.3, -0.25) is 0 Å². The Kier molecular flexibility index (Phi) is 4.19. The maximum absolute atomic E-state index is 5.81. The molecule has 4 N–H and O–H groups in total. The molecule has 0 aromatic heterocycles. The van der Waals surface area contributed by atoms with E-state index in [0.717, 1.165) is 13.4 Å². The number of hydrogen-bond acceptors (Lipinski definition) is 3. The monoisotopic (exact) mass is 434 g/mol. The highest BCUT2D eigenvalue weighted by Gasteiger charge is 2.06. The van der Waals surface area contributed by atoms with E-state index in [1.165, 1.54) is 0 Å². The van der Waals surface area contributed by atoms with Crippen molar-refractivity contribution in [3.63, 3.8) is 0 Å². The quantitative estimate of drug-likeness (QED) is 0.656. The lowest BCUT2D eigenvalue weighted by molar-refractivity contribution is 0.482. The number of hydrogen-bond donors (Lipinski definition) is 2. The van der Waals surface area contributed by atoms with Crippen LogP contribution in [0.4, 0.5) is 11.4 Å². The zero-order valence-corrected chi connectivity index (χ0v) is 13.8. The molecule has 0 bridgehead atoms. The number of rotatable bonds is 2. The second-order valence-corrected chi connectivity index (χ2v) is 6.15. The predicted molar refractivity (Wildman–Crippen MR) is 84.9 cm³/mol. The van der Waals surface area contributed by atoms with Gasteiger partial charge in [0.2, 0.25) is 0 Å². The molecule has 2 rings (SSSR count). The highest BCUT2D eigenvalue weighted by Crippen LogP contribution is 2.35. The van der Waals surface area contributed by atoms with E-state index >= 15 is 0 Å². The van der Waals surface area contributed by atoms with Crippen LogP contribution in [0.3, 0.4) is 0 Å². The minimum atomic E-state index is 0.640. The van der Waals surface area contributed by atoms with E-state index < -0.39 is 0 Å². The third kappa shape index (κ3) is 2.99. The fourth-order valence-corrected chi connectivity index (χ4v) is 2.83. The highest BCUT2D eigenvalue weighted by molar-refractivity contribution is 9.11. The van der Waals surface area contributed by atoms with Gasteiger partial charge < -0.3 is 16.2 Å². The van der Waals surface area contributed by atoms with E-state index in [4.69, 9.17) is 16.2 Å². The van der Waals surface area contributed by atoms with Crippen LogP contribution in [0.1, 0.15) is 0 Å². The van der Waals surface area contributed by atoms with Gasteiger partial charge in [0.15, 0.2) is 0 Å². The summed E-state index contributed by atoms with van der Waals surface area (Å²) in [6.45, 7) is 0. The van der Waals surface area contributed by atoms with Crippen LogP contribution in [0.2, 0.25) is 0 Å². The molecule has 0 unspecified atom stereocenters. The zero-order valence-electron chi connectivity index (χ0n) is 9.08. The summed E-state index contributed by atoms with van der Waals surface area (Å²) >= 11 is 10.1. The summed E-state index contributed by atoms with van der Waals surface area (Å²) in [6.07, 6.45) is 0. The second kappa shape index (κ2) is 5.50. The molecule has 0 saturated heterocycles. The first-order chi connectivity index (χ1) is 8.47. The lowest BCUT2D eigenvalue weighted by Crippen LogP contribution is -1.92. The average molecular weight is 437 g/mol. The molecule has 3 nitrogen and oxygen atoms in total. The van der Waals surface area contributed by atoms with Gasteiger partial charge in [-0.2, -0.15) is 0 Å². The molecule has 0 spiro atoms. The highest BCUT2D eigenvalue weighted by atomic mass is 79.9. The SMILES string of the molecule is Nc1ccc(Oc2cc(Br)c(N)c(Br)c2)cc1Br. The number of benzene rings is 2. The van der Waals surface area contributed by atoms with E-state index in [0.29, 0.717) is 22.9 Å². The smallest absolute Gasteiger partial charge is 0.129 e. The number of ether oxygens (including phenoxy) is 1. The fourth-order valence-electron chi connectivity index (χ4n) is 1.33. The third-order valence-electron chi connectivity index (χ3n) is 2.26. The number of anilines is 2. The van der Waals surface area contributed by atoms with E-state index in [-0.39, 0.29) is 0 Å². The minimum Gasteiger partial charge on any atom is -0.457 e. The number of nitrogens with two attached hydrogens (primary N) is 2. The van der Waals surface area contributed by atoms with Crippen molar-refractivity contribution in [3.8, 4) is 11.5 Å². The predicted octanol–water partition coefficient (Wildman–Crippen LogP) is 4.93. The standard InChI is InChI=1S/C12H9Br3N2O/c13-8-3-6(1-2-11(8)16)18-7-4-9(14)12(17)10(15)5-7/h1-5H,16-17H2. The summed E-state index contributed by atoms with van der Waals surface area (Å²) in [5.74, 6) is 1.37. The molecular weight excluding hydrogens is 428 g/mol. The van der Waals surface area contributed by atoms with Crippen molar-refractivity contribution in [1.82, 2.24) is 0 Å². The molecule has 94 valence electrons. The Bertz CT molecular complexity index is 579. The molecule has 6 heteroatoms. The fraction of sp³-hybridized carbons (Fsp3) is 0. The van der Waals surface area contributed by atoms with Gasteiger partial charge in [0.25, 0.3) is 0 Å². The maximum atomic E-state index is 5.81. The van der Waals surface area contributed by atoms with Crippen molar-refractivity contribution >= 4 is 59.2 Å². The van der Waals surface area contributed by atoms with Crippen LogP contribution in [-0.2, 0) is 0 Å². The number of nitrogen functional groups attached to an aromatic ring is 2. The Morgan fingerprint density at radius 1 is 0.778 bits per heavy atom. The molecular formula is C12H9Br3N2O. The molecule has 0 aliphatic rings. The molecule has 2 aromatic rings. The van der Waals surface area contributed by atoms with E-state index in [9.17, 15) is 0 Å². The topological polar surface area (TPSA) is 61.3 Å². The molecule has 0 aliphatic heterocycles. The summed E-state index contributed by atoms with van der Waals surface area (Å²) in [6, 6.07) is 9.02. The Hall–Kier alpha value is -0.720. The molecule has 0 atom stereocenters. The van der Waals surface area contributed by atoms with Gasteiger partial charge in [-0.15, -0.1) is 0 Å². The molecule has 0 amide bonds. The third-order valence-corrected chi connectivity index (χ3v) is 4.26. The van der Waals surface area contributed by atoms with Gasteiger partial charge in [-0.05, 0) is 78.1 Å². The van der Waals surface area contributed by atoms with Crippen molar-refractivity contribution in [2.45, 2.75) is 0 Å². The Labute approximate surface area is 130 Å². The van der Waals surface area contributed by atoms with Gasteiger partial charge in [0, 0.05) is 19.1 Å². The van der Waals surface area contributed by atoms with Gasteiger partial charge in [0.1, 0.15) is 11.5 Å². The lowest BCUT2D eigenvalue weighted by Gasteiger charge is -2.10. The van der Waals surface area contributed by atoms with E-state index in [1.54, 1.807) is 12.1 Å². The molecule has 0 saturated carbocycles. The maximum Gasteiger partial charge on any atom is 0.129 e.